The molecule has 0 spiro atoms. The van der Waals surface area contributed by atoms with Crippen molar-refractivity contribution in [2.75, 3.05) is 23.9 Å². The van der Waals surface area contributed by atoms with Crippen LogP contribution in [0.25, 0.3) is 22.3 Å². The third-order valence-corrected chi connectivity index (χ3v) is 13.0. The molecule has 3 aromatic carbocycles. The number of alkyl carbamates (subject to hydrolysis) is 1. The SMILES string of the molecule is CC(C)c1ncncc1-c1cc(F)ccc1Oc1cncnc1N(C)[C@H]1C[C@@H](N)C[C@H]1O.CC(C)c1ncncc1-c1cc(F)ccc1Oc1cncnc1N(C)[C@H]1C[C@@H](NC(=O)OCc2ccccc2)C[C@H]1O. The molecule has 6 atom stereocenters. The van der Waals surface area contributed by atoms with Gasteiger partial charge in [0.2, 0.25) is 0 Å². The Bertz CT molecular complexity index is 3010. The van der Waals surface area contributed by atoms with Crippen LogP contribution in [0, 0.1) is 11.6 Å². The Morgan fingerprint density at radius 3 is 1.59 bits per heavy atom. The fourth-order valence-corrected chi connectivity index (χ4v) is 9.37. The van der Waals surface area contributed by atoms with Gasteiger partial charge in [0, 0.05) is 60.8 Å². The average Bonchev–Trinajstić information content (AvgIpc) is 3.95. The van der Waals surface area contributed by atoms with E-state index in [4.69, 9.17) is 19.9 Å². The zero-order valence-corrected chi connectivity index (χ0v) is 42.0. The summed E-state index contributed by atoms with van der Waals surface area (Å²) < 4.78 is 46.5. The van der Waals surface area contributed by atoms with E-state index in [2.05, 4.69) is 45.2 Å². The van der Waals surface area contributed by atoms with E-state index in [-0.39, 0.29) is 42.6 Å². The second-order valence-corrected chi connectivity index (χ2v) is 19.0. The quantitative estimate of drug-likeness (QED) is 0.0753. The second-order valence-electron chi connectivity index (χ2n) is 19.0. The molecular weight excluding hydrogens is 951 g/mol. The van der Waals surface area contributed by atoms with E-state index in [0.29, 0.717) is 82.6 Å². The molecule has 4 heterocycles. The summed E-state index contributed by atoms with van der Waals surface area (Å²) in [5, 5.41) is 24.2. The third kappa shape index (κ3) is 12.5. The first-order valence-corrected chi connectivity index (χ1v) is 24.3. The molecule has 2 fully saturated rings. The van der Waals surface area contributed by atoms with Gasteiger partial charge < -0.3 is 45.3 Å². The molecule has 0 aliphatic heterocycles. The minimum Gasteiger partial charge on any atom is -0.451 e. The van der Waals surface area contributed by atoms with Gasteiger partial charge in [-0.1, -0.05) is 58.0 Å². The number of nitrogens with one attached hydrogen (secondary N) is 1. The minimum atomic E-state index is -0.742. The van der Waals surface area contributed by atoms with Crippen molar-refractivity contribution in [1.29, 1.82) is 0 Å². The third-order valence-electron chi connectivity index (χ3n) is 13.0. The molecule has 18 nitrogen and oxygen atoms in total. The predicted octanol–water partition coefficient (Wildman–Crippen LogP) is 8.52. The molecule has 20 heteroatoms. The lowest BCUT2D eigenvalue weighted by Gasteiger charge is -2.29. The number of likely N-dealkylation sites (N-methyl/N-ethyl adjacent to an activating group) is 2. The molecular formula is C54H60F2N12O6. The fourth-order valence-electron chi connectivity index (χ4n) is 9.37. The number of nitrogens with two attached hydrogens (primary N) is 1. The number of benzene rings is 3. The normalized spacial score (nSPS) is 19.1. The highest BCUT2D eigenvalue weighted by Gasteiger charge is 2.39. The van der Waals surface area contributed by atoms with Gasteiger partial charge in [0.1, 0.15) is 55.0 Å². The number of carbonyl (C=O) groups is 1. The van der Waals surface area contributed by atoms with Crippen LogP contribution < -0.4 is 30.3 Å². The summed E-state index contributed by atoms with van der Waals surface area (Å²) in [7, 11) is 3.64. The van der Waals surface area contributed by atoms with Crippen LogP contribution in [-0.4, -0.2) is 107 Å². The van der Waals surface area contributed by atoms with Crippen LogP contribution in [0.3, 0.4) is 0 Å². The van der Waals surface area contributed by atoms with Crippen molar-refractivity contribution in [2.24, 2.45) is 5.73 Å². The van der Waals surface area contributed by atoms with E-state index in [9.17, 15) is 23.8 Å². The maximum absolute atomic E-state index is 14.4. The molecule has 4 aromatic heterocycles. The molecule has 2 saturated carbocycles. The van der Waals surface area contributed by atoms with Crippen LogP contribution in [-0.2, 0) is 11.3 Å². The summed E-state index contributed by atoms with van der Waals surface area (Å²) in [4.78, 5) is 50.2. The zero-order chi connectivity index (χ0) is 52.5. The Morgan fingerprint density at radius 1 is 0.635 bits per heavy atom. The number of aliphatic hydroxyl groups is 2. The molecule has 9 rings (SSSR count). The van der Waals surface area contributed by atoms with Gasteiger partial charge in [-0.3, -0.25) is 0 Å². The first-order chi connectivity index (χ1) is 35.6. The summed E-state index contributed by atoms with van der Waals surface area (Å²) in [6.07, 6.45) is 12.3. The van der Waals surface area contributed by atoms with Crippen LogP contribution >= 0.6 is 0 Å². The highest BCUT2D eigenvalue weighted by Crippen LogP contribution is 2.42. The lowest BCUT2D eigenvalue weighted by Crippen LogP contribution is -2.39. The first kappa shape index (κ1) is 52.5. The number of hydrogen-bond donors (Lipinski definition) is 4. The number of aromatic nitrogens is 8. The predicted molar refractivity (Wildman–Crippen MR) is 274 cm³/mol. The fraction of sp³-hybridized carbons (Fsp3) is 0.352. The van der Waals surface area contributed by atoms with Gasteiger partial charge in [0.15, 0.2) is 23.1 Å². The van der Waals surface area contributed by atoms with Crippen LogP contribution in [0.15, 0.2) is 117 Å². The lowest BCUT2D eigenvalue weighted by molar-refractivity contribution is 0.133. The molecule has 386 valence electrons. The molecule has 74 heavy (non-hydrogen) atoms. The van der Waals surface area contributed by atoms with E-state index in [1.165, 1.54) is 55.8 Å². The number of carbonyl (C=O) groups excluding carboxylic acids is 1. The number of anilines is 2. The van der Waals surface area contributed by atoms with E-state index in [1.807, 2.05) is 74.9 Å². The maximum Gasteiger partial charge on any atom is 0.407 e. The number of amides is 1. The van der Waals surface area contributed by atoms with Gasteiger partial charge in [-0.05, 0) is 79.5 Å². The highest BCUT2D eigenvalue weighted by atomic mass is 19.1. The second kappa shape index (κ2) is 23.8. The van der Waals surface area contributed by atoms with Crippen molar-refractivity contribution in [3.63, 3.8) is 0 Å². The van der Waals surface area contributed by atoms with Gasteiger partial charge in [-0.25, -0.2) is 53.4 Å². The Kier molecular flexibility index (Phi) is 16.9. The lowest BCUT2D eigenvalue weighted by atomic mass is 9.98. The zero-order valence-electron chi connectivity index (χ0n) is 42.0. The van der Waals surface area contributed by atoms with Crippen molar-refractivity contribution >= 4 is 17.7 Å². The maximum atomic E-state index is 14.4. The van der Waals surface area contributed by atoms with Crippen LogP contribution in [0.5, 0.6) is 23.0 Å². The monoisotopic (exact) mass is 1010 g/mol. The van der Waals surface area contributed by atoms with Gasteiger partial charge in [-0.15, -0.1) is 0 Å². The number of hydrogen-bond acceptors (Lipinski definition) is 17. The average molecular weight is 1010 g/mol. The van der Waals surface area contributed by atoms with Gasteiger partial charge in [0.25, 0.3) is 0 Å². The van der Waals surface area contributed by atoms with Crippen molar-refractivity contribution in [3.8, 4) is 45.3 Å². The minimum absolute atomic E-state index is 0.0695. The molecule has 0 bridgehead atoms. The summed E-state index contributed by atoms with van der Waals surface area (Å²) >= 11 is 0. The van der Waals surface area contributed by atoms with Gasteiger partial charge in [0.05, 0.1) is 48.1 Å². The molecule has 2 aliphatic rings. The number of ether oxygens (including phenoxy) is 3. The summed E-state index contributed by atoms with van der Waals surface area (Å²) in [6, 6.07) is 17.1. The summed E-state index contributed by atoms with van der Waals surface area (Å²) in [5.41, 5.74) is 10.9. The highest BCUT2D eigenvalue weighted by molar-refractivity contribution is 5.74. The summed E-state index contributed by atoms with van der Waals surface area (Å²) in [5.74, 6) is 1.83. The molecule has 0 saturated heterocycles. The number of rotatable bonds is 15. The number of aliphatic hydroxyl groups excluding tert-OH is 2. The summed E-state index contributed by atoms with van der Waals surface area (Å²) in [6.45, 7) is 8.19. The molecule has 0 unspecified atom stereocenters. The first-order valence-electron chi connectivity index (χ1n) is 24.3. The van der Waals surface area contributed by atoms with Crippen molar-refractivity contribution in [2.45, 2.75) is 108 Å². The topological polar surface area (TPSA) is 233 Å². The van der Waals surface area contributed by atoms with Gasteiger partial charge in [-0.2, -0.15) is 0 Å². The standard InChI is InChI=1S/C31H33FN6O4.C23H27FN6O2/c1-19(2)29-24(14-33-17-35-29)23-11-21(32)9-10-27(23)42-28-15-34-18-36-30(28)38(3)25-12-22(13-26(25)39)37-31(40)41-16-20-7-5-4-6-8-20;1-13(2)22-17(9-26-11-28-22)16-6-14(24)4-5-20(16)32-21-10-27-12-29-23(21)30(3)18-7-15(25)8-19(18)31/h4-11,14-15,17-19,22,25-26,39H,12-13,16H2,1-3H3,(H,37,40);4-6,9-13,15,18-19,31H,7-8,25H2,1-3H3/t22-,25+,26-;15-,18+,19-/m11/s1. The Morgan fingerprint density at radius 2 is 1.11 bits per heavy atom. The van der Waals surface area contributed by atoms with E-state index < -0.39 is 29.9 Å². The van der Waals surface area contributed by atoms with E-state index in [0.717, 1.165) is 17.0 Å². The van der Waals surface area contributed by atoms with Crippen LogP contribution in [0.4, 0.5) is 25.2 Å². The van der Waals surface area contributed by atoms with Gasteiger partial charge >= 0.3 is 6.09 Å². The van der Waals surface area contributed by atoms with Crippen LogP contribution in [0.2, 0.25) is 0 Å². The molecule has 5 N–H and O–H groups in total. The van der Waals surface area contributed by atoms with E-state index >= 15 is 0 Å². The van der Waals surface area contributed by atoms with Crippen molar-refractivity contribution < 1.29 is 38.0 Å². The number of halogens is 2. The molecule has 1 amide bonds. The Balaban J connectivity index is 0.000000204. The van der Waals surface area contributed by atoms with Crippen molar-refractivity contribution in [3.05, 3.63) is 145 Å². The molecule has 7 aromatic rings. The van der Waals surface area contributed by atoms with E-state index in [1.54, 1.807) is 37.8 Å². The molecule has 0 radical (unpaired) electrons. The molecule has 2 aliphatic carbocycles. The Labute approximate surface area is 428 Å². The van der Waals surface area contributed by atoms with Crippen LogP contribution in [0.1, 0.15) is 82.2 Å². The largest absolute Gasteiger partial charge is 0.451 e. The number of nitrogens with zero attached hydrogens (tertiary/aromatic N) is 10. The Hall–Kier alpha value is -7.81. The smallest absolute Gasteiger partial charge is 0.407 e. The van der Waals surface area contributed by atoms with Crippen molar-refractivity contribution in [1.82, 2.24) is 45.2 Å².